The lowest BCUT2D eigenvalue weighted by Gasteiger charge is -2.16. The van der Waals surface area contributed by atoms with Crippen LogP contribution in [0.25, 0.3) is 11.3 Å². The Balaban J connectivity index is 1.45. The Kier molecular flexibility index (Phi) is 4.89. The van der Waals surface area contributed by atoms with Gasteiger partial charge in [-0.05, 0) is 39.5 Å². The summed E-state index contributed by atoms with van der Waals surface area (Å²) < 4.78 is 9.97. The van der Waals surface area contributed by atoms with E-state index in [1.165, 1.54) is 0 Å². The summed E-state index contributed by atoms with van der Waals surface area (Å²) in [5.41, 5.74) is 4.69. The van der Waals surface area contributed by atoms with E-state index in [1.807, 2.05) is 18.7 Å². The van der Waals surface area contributed by atoms with Crippen molar-refractivity contribution in [2.75, 3.05) is 13.1 Å². The van der Waals surface area contributed by atoms with Gasteiger partial charge in [0.05, 0.1) is 29.1 Å². The number of carbonyl (C=O) groups is 1. The summed E-state index contributed by atoms with van der Waals surface area (Å²) in [6, 6.07) is 0. The first kappa shape index (κ1) is 18.3. The molecule has 0 radical (unpaired) electrons. The highest BCUT2D eigenvalue weighted by atomic mass is 16.6. The number of aromatic nitrogens is 5. The molecule has 0 bridgehead atoms. The number of likely N-dealkylation sites (tertiary alicyclic amines) is 1. The van der Waals surface area contributed by atoms with Gasteiger partial charge in [0.2, 0.25) is 5.91 Å². The molecule has 1 amide bonds. The van der Waals surface area contributed by atoms with Gasteiger partial charge in [-0.2, -0.15) is 0 Å². The van der Waals surface area contributed by atoms with Crippen LogP contribution in [-0.4, -0.2) is 49.3 Å². The number of amides is 1. The van der Waals surface area contributed by atoms with Gasteiger partial charge in [0.1, 0.15) is 17.1 Å². The lowest BCUT2D eigenvalue weighted by molar-refractivity contribution is -0.129. The summed E-state index contributed by atoms with van der Waals surface area (Å²) in [7, 11) is 0. The molecule has 0 N–H and O–H groups in total. The molecule has 0 aromatic carbocycles. The van der Waals surface area contributed by atoms with Crippen molar-refractivity contribution in [1.29, 1.82) is 0 Å². The highest BCUT2D eigenvalue weighted by Crippen LogP contribution is 2.30. The fourth-order valence-electron chi connectivity index (χ4n) is 3.71. The molecule has 0 aliphatic carbocycles. The number of aryl methyl sites for hydroxylation is 3. The standard InChI is InChI=1S/C19H22N6O3/c1-11-15(24-28-23-11)9-17(26)25-7-4-14(10-25)8-16-19(21-6-5-20-16)18-12(2)22-27-13(18)3/h5-6,14H,4,7-10H2,1-3H3. The largest absolute Gasteiger partial charge is 0.361 e. The molecule has 0 spiro atoms. The quantitative estimate of drug-likeness (QED) is 0.659. The van der Waals surface area contributed by atoms with Crippen LogP contribution in [0.4, 0.5) is 0 Å². The molecule has 1 atom stereocenters. The summed E-state index contributed by atoms with van der Waals surface area (Å²) in [5, 5.41) is 11.6. The zero-order valence-corrected chi connectivity index (χ0v) is 16.2. The maximum Gasteiger partial charge on any atom is 0.228 e. The molecule has 28 heavy (non-hydrogen) atoms. The minimum absolute atomic E-state index is 0.0476. The minimum atomic E-state index is 0.0476. The molecule has 1 aliphatic heterocycles. The summed E-state index contributed by atoms with van der Waals surface area (Å²) in [4.78, 5) is 23.5. The number of hydrogen-bond acceptors (Lipinski definition) is 8. The number of rotatable bonds is 5. The molecule has 3 aromatic heterocycles. The van der Waals surface area contributed by atoms with Crippen molar-refractivity contribution >= 4 is 5.91 Å². The monoisotopic (exact) mass is 382 g/mol. The lowest BCUT2D eigenvalue weighted by atomic mass is 9.98. The van der Waals surface area contributed by atoms with Crippen molar-refractivity contribution in [2.24, 2.45) is 5.92 Å². The molecule has 1 aliphatic rings. The van der Waals surface area contributed by atoms with Crippen LogP contribution < -0.4 is 0 Å². The van der Waals surface area contributed by atoms with Crippen LogP contribution in [0.5, 0.6) is 0 Å². The molecular weight excluding hydrogens is 360 g/mol. The van der Waals surface area contributed by atoms with E-state index < -0.39 is 0 Å². The van der Waals surface area contributed by atoms with Gasteiger partial charge in [-0.3, -0.25) is 14.8 Å². The van der Waals surface area contributed by atoms with Crippen LogP contribution >= 0.6 is 0 Å². The van der Waals surface area contributed by atoms with Crippen LogP contribution in [0.15, 0.2) is 21.5 Å². The van der Waals surface area contributed by atoms with Crippen LogP contribution in [0, 0.1) is 26.7 Å². The Bertz CT molecular complexity index is 976. The summed E-state index contributed by atoms with van der Waals surface area (Å²) in [6.45, 7) is 7.00. The van der Waals surface area contributed by atoms with Crippen LogP contribution in [-0.2, 0) is 17.6 Å². The zero-order chi connectivity index (χ0) is 19.7. The summed E-state index contributed by atoms with van der Waals surface area (Å²) in [5.74, 6) is 1.11. The second-order valence-corrected chi connectivity index (χ2v) is 7.22. The first-order chi connectivity index (χ1) is 13.5. The Morgan fingerprint density at radius 3 is 2.64 bits per heavy atom. The van der Waals surface area contributed by atoms with Crippen molar-refractivity contribution in [2.45, 2.75) is 40.0 Å². The van der Waals surface area contributed by atoms with Crippen molar-refractivity contribution in [3.63, 3.8) is 0 Å². The molecular formula is C19H22N6O3. The molecule has 1 unspecified atom stereocenters. The maximum absolute atomic E-state index is 12.6. The molecule has 9 heteroatoms. The molecule has 1 saturated heterocycles. The van der Waals surface area contributed by atoms with E-state index in [4.69, 9.17) is 4.52 Å². The molecule has 9 nitrogen and oxygen atoms in total. The second kappa shape index (κ2) is 7.49. The Labute approximate surface area is 162 Å². The Morgan fingerprint density at radius 2 is 1.93 bits per heavy atom. The predicted molar refractivity (Wildman–Crippen MR) is 98.1 cm³/mol. The van der Waals surface area contributed by atoms with Crippen molar-refractivity contribution < 1.29 is 13.9 Å². The summed E-state index contributed by atoms with van der Waals surface area (Å²) in [6.07, 6.45) is 5.29. The fourth-order valence-corrected chi connectivity index (χ4v) is 3.71. The predicted octanol–water partition coefficient (Wildman–Crippen LogP) is 2.07. The van der Waals surface area contributed by atoms with E-state index in [-0.39, 0.29) is 12.3 Å². The average Bonchev–Trinajstić information content (AvgIpc) is 3.38. The van der Waals surface area contributed by atoms with Crippen LogP contribution in [0.3, 0.4) is 0 Å². The van der Waals surface area contributed by atoms with E-state index in [2.05, 4.69) is 30.1 Å². The summed E-state index contributed by atoms with van der Waals surface area (Å²) >= 11 is 0. The van der Waals surface area contributed by atoms with E-state index in [9.17, 15) is 4.79 Å². The Hall–Kier alpha value is -3.10. The van der Waals surface area contributed by atoms with E-state index in [0.29, 0.717) is 23.9 Å². The van der Waals surface area contributed by atoms with Gasteiger partial charge in [0.25, 0.3) is 0 Å². The topological polar surface area (TPSA) is 111 Å². The molecule has 3 aromatic rings. The second-order valence-electron chi connectivity index (χ2n) is 7.22. The zero-order valence-electron chi connectivity index (χ0n) is 16.2. The highest BCUT2D eigenvalue weighted by molar-refractivity contribution is 5.78. The normalized spacial score (nSPS) is 16.7. The van der Waals surface area contributed by atoms with Crippen LogP contribution in [0.1, 0.15) is 35.0 Å². The minimum Gasteiger partial charge on any atom is -0.361 e. The fraction of sp³-hybridized carbons (Fsp3) is 0.474. The third-order valence-electron chi connectivity index (χ3n) is 5.23. The van der Waals surface area contributed by atoms with Crippen LogP contribution in [0.2, 0.25) is 0 Å². The van der Waals surface area contributed by atoms with Gasteiger partial charge < -0.3 is 9.42 Å². The van der Waals surface area contributed by atoms with Gasteiger partial charge in [-0.1, -0.05) is 15.5 Å². The van der Waals surface area contributed by atoms with Crippen molar-refractivity contribution in [1.82, 2.24) is 30.3 Å². The molecule has 0 saturated carbocycles. The molecule has 4 heterocycles. The van der Waals surface area contributed by atoms with Gasteiger partial charge in [-0.25, -0.2) is 4.63 Å². The highest BCUT2D eigenvalue weighted by Gasteiger charge is 2.29. The van der Waals surface area contributed by atoms with Crippen molar-refractivity contribution in [3.05, 3.63) is 40.9 Å². The number of carbonyl (C=O) groups excluding carboxylic acids is 1. The van der Waals surface area contributed by atoms with Gasteiger partial charge >= 0.3 is 0 Å². The Morgan fingerprint density at radius 1 is 1.11 bits per heavy atom. The molecule has 1 fully saturated rings. The average molecular weight is 382 g/mol. The van der Waals surface area contributed by atoms with Gasteiger partial charge in [-0.15, -0.1) is 0 Å². The maximum atomic E-state index is 12.6. The van der Waals surface area contributed by atoms with Gasteiger partial charge in [0.15, 0.2) is 0 Å². The van der Waals surface area contributed by atoms with Crippen molar-refractivity contribution in [3.8, 4) is 11.3 Å². The van der Waals surface area contributed by atoms with E-state index in [0.717, 1.165) is 47.8 Å². The number of nitrogens with zero attached hydrogens (tertiary/aromatic N) is 6. The van der Waals surface area contributed by atoms with E-state index >= 15 is 0 Å². The SMILES string of the molecule is Cc1nonc1CC(=O)N1CCC(Cc2nccnc2-c2c(C)noc2C)C1. The first-order valence-corrected chi connectivity index (χ1v) is 9.32. The van der Waals surface area contributed by atoms with Gasteiger partial charge in [0, 0.05) is 25.5 Å². The first-order valence-electron chi connectivity index (χ1n) is 9.32. The number of hydrogen-bond donors (Lipinski definition) is 0. The third kappa shape index (κ3) is 3.51. The molecule has 4 rings (SSSR count). The lowest BCUT2D eigenvalue weighted by Crippen LogP contribution is -2.30. The third-order valence-corrected chi connectivity index (χ3v) is 5.23. The smallest absolute Gasteiger partial charge is 0.228 e. The molecule has 146 valence electrons. The van der Waals surface area contributed by atoms with E-state index in [1.54, 1.807) is 19.3 Å².